The topological polar surface area (TPSA) is 115 Å². The number of nitrogens with one attached hydrogen (secondary N) is 2. The molecule has 1 aliphatic rings. The van der Waals surface area contributed by atoms with Crippen LogP contribution in [-0.4, -0.2) is 66.2 Å². The summed E-state index contributed by atoms with van der Waals surface area (Å²) >= 11 is 0. The van der Waals surface area contributed by atoms with Crippen molar-refractivity contribution in [3.63, 3.8) is 0 Å². The fourth-order valence-corrected chi connectivity index (χ4v) is 5.25. The lowest BCUT2D eigenvalue weighted by atomic mass is 10.1. The van der Waals surface area contributed by atoms with Gasteiger partial charge in [0.05, 0.1) is 11.4 Å². The van der Waals surface area contributed by atoms with E-state index in [1.807, 2.05) is 31.2 Å². The lowest BCUT2D eigenvalue weighted by Crippen LogP contribution is -2.51. The van der Waals surface area contributed by atoms with Crippen molar-refractivity contribution in [1.29, 1.82) is 0 Å². The van der Waals surface area contributed by atoms with E-state index in [0.29, 0.717) is 31.0 Å². The van der Waals surface area contributed by atoms with Gasteiger partial charge in [0, 0.05) is 49.2 Å². The Morgan fingerprint density at radius 1 is 1.03 bits per heavy atom. The van der Waals surface area contributed by atoms with Gasteiger partial charge in [0.2, 0.25) is 15.9 Å². The van der Waals surface area contributed by atoms with Gasteiger partial charge in [-0.1, -0.05) is 37.3 Å². The third-order valence-corrected chi connectivity index (χ3v) is 7.62. The average Bonchev–Trinajstić information content (AvgIpc) is 2.87. The summed E-state index contributed by atoms with van der Waals surface area (Å²) in [6, 6.07) is 17.1. The number of benzene rings is 2. The van der Waals surface area contributed by atoms with Crippen LogP contribution in [0.15, 0.2) is 70.4 Å². The van der Waals surface area contributed by atoms with Crippen LogP contribution < -0.4 is 10.9 Å². The summed E-state index contributed by atoms with van der Waals surface area (Å²) < 4.78 is 27.0. The summed E-state index contributed by atoms with van der Waals surface area (Å²) in [6.07, 6.45) is 0.656. The molecule has 1 aliphatic heterocycles. The summed E-state index contributed by atoms with van der Waals surface area (Å²) in [7, 11) is -3.56. The molecule has 3 aromatic rings. The van der Waals surface area contributed by atoms with E-state index in [-0.39, 0.29) is 36.0 Å². The van der Waals surface area contributed by atoms with Crippen molar-refractivity contribution < 1.29 is 13.2 Å². The molecule has 178 valence electrons. The van der Waals surface area contributed by atoms with Crippen LogP contribution in [0, 0.1) is 0 Å². The van der Waals surface area contributed by atoms with Gasteiger partial charge in [0.15, 0.2) is 0 Å². The molecule has 1 saturated heterocycles. The number of rotatable bonds is 7. The standard InChI is InChI=1S/C24H27N5O4S/c1-2-19-16-22(30)27-24(26-19)18-7-6-8-20(15-18)25-17-23(31)28-11-13-29(14-12-28)34(32,33)21-9-4-3-5-10-21/h3-10,15-16,25H,2,11-14,17H2,1H3,(H,26,27,30). The number of hydrogen-bond acceptors (Lipinski definition) is 6. The number of aromatic amines is 1. The van der Waals surface area contributed by atoms with E-state index in [1.165, 1.54) is 10.4 Å². The fraction of sp³-hybridized carbons (Fsp3) is 0.292. The number of amides is 1. The maximum atomic E-state index is 12.8. The molecule has 9 nitrogen and oxygen atoms in total. The zero-order valence-corrected chi connectivity index (χ0v) is 19.7. The molecule has 34 heavy (non-hydrogen) atoms. The highest BCUT2D eigenvalue weighted by Gasteiger charge is 2.29. The number of H-pyrrole nitrogens is 1. The second kappa shape index (κ2) is 10.2. The average molecular weight is 482 g/mol. The Bertz CT molecular complexity index is 1320. The lowest BCUT2D eigenvalue weighted by Gasteiger charge is -2.34. The van der Waals surface area contributed by atoms with Crippen molar-refractivity contribution in [3.8, 4) is 11.4 Å². The summed E-state index contributed by atoms with van der Waals surface area (Å²) in [6.45, 7) is 3.19. The van der Waals surface area contributed by atoms with Crippen LogP contribution in [0.4, 0.5) is 5.69 Å². The maximum absolute atomic E-state index is 12.8. The number of carbonyl (C=O) groups excluding carboxylic acids is 1. The highest BCUT2D eigenvalue weighted by atomic mass is 32.2. The first-order valence-electron chi connectivity index (χ1n) is 11.1. The third-order valence-electron chi connectivity index (χ3n) is 5.71. The first-order valence-corrected chi connectivity index (χ1v) is 12.6. The van der Waals surface area contributed by atoms with Crippen LogP contribution in [0.25, 0.3) is 11.4 Å². The first-order chi connectivity index (χ1) is 16.4. The van der Waals surface area contributed by atoms with Gasteiger partial charge in [-0.05, 0) is 30.7 Å². The van der Waals surface area contributed by atoms with Gasteiger partial charge in [-0.2, -0.15) is 4.31 Å². The SMILES string of the molecule is CCc1cc(=O)[nH]c(-c2cccc(NCC(=O)N3CCN(S(=O)(=O)c4ccccc4)CC3)c2)n1. The van der Waals surface area contributed by atoms with E-state index in [4.69, 9.17) is 0 Å². The van der Waals surface area contributed by atoms with Crippen LogP contribution in [0.5, 0.6) is 0 Å². The van der Waals surface area contributed by atoms with Gasteiger partial charge in [0.1, 0.15) is 5.82 Å². The van der Waals surface area contributed by atoms with E-state index in [1.54, 1.807) is 35.2 Å². The number of nitrogens with zero attached hydrogens (tertiary/aromatic N) is 3. The van der Waals surface area contributed by atoms with Crippen molar-refractivity contribution in [2.45, 2.75) is 18.2 Å². The van der Waals surface area contributed by atoms with Crippen molar-refractivity contribution in [3.05, 3.63) is 76.7 Å². The minimum Gasteiger partial charge on any atom is -0.376 e. The molecular weight excluding hydrogens is 454 g/mol. The predicted molar refractivity (Wildman–Crippen MR) is 130 cm³/mol. The van der Waals surface area contributed by atoms with Crippen molar-refractivity contribution in [2.75, 3.05) is 38.0 Å². The van der Waals surface area contributed by atoms with Gasteiger partial charge in [-0.3, -0.25) is 9.59 Å². The van der Waals surface area contributed by atoms with Gasteiger partial charge >= 0.3 is 0 Å². The molecule has 0 spiro atoms. The minimum absolute atomic E-state index is 0.0772. The highest BCUT2D eigenvalue weighted by Crippen LogP contribution is 2.20. The van der Waals surface area contributed by atoms with Gasteiger partial charge in [-0.25, -0.2) is 13.4 Å². The molecule has 10 heteroatoms. The van der Waals surface area contributed by atoms with E-state index < -0.39 is 10.0 Å². The zero-order chi connectivity index (χ0) is 24.1. The predicted octanol–water partition coefficient (Wildman–Crippen LogP) is 1.94. The van der Waals surface area contributed by atoms with Gasteiger partial charge in [-0.15, -0.1) is 0 Å². The second-order valence-electron chi connectivity index (χ2n) is 7.97. The Balaban J connectivity index is 1.35. The van der Waals surface area contributed by atoms with Gasteiger partial charge < -0.3 is 15.2 Å². The van der Waals surface area contributed by atoms with Crippen LogP contribution in [0.3, 0.4) is 0 Å². The largest absolute Gasteiger partial charge is 0.376 e. The normalized spacial score (nSPS) is 14.7. The number of piperazine rings is 1. The number of anilines is 1. The molecule has 0 bridgehead atoms. The summed E-state index contributed by atoms with van der Waals surface area (Å²) in [5.41, 5.74) is 1.97. The summed E-state index contributed by atoms with van der Waals surface area (Å²) in [5, 5.41) is 3.12. The fourth-order valence-electron chi connectivity index (χ4n) is 3.81. The van der Waals surface area contributed by atoms with Crippen LogP contribution in [0.1, 0.15) is 12.6 Å². The molecule has 0 saturated carbocycles. The molecule has 0 radical (unpaired) electrons. The van der Waals surface area contributed by atoms with E-state index in [9.17, 15) is 18.0 Å². The summed E-state index contributed by atoms with van der Waals surface area (Å²) in [5.74, 6) is 0.372. The summed E-state index contributed by atoms with van der Waals surface area (Å²) in [4.78, 5) is 33.7. The molecule has 1 amide bonds. The van der Waals surface area contributed by atoms with E-state index in [2.05, 4.69) is 15.3 Å². The molecule has 0 atom stereocenters. The second-order valence-corrected chi connectivity index (χ2v) is 9.91. The van der Waals surface area contributed by atoms with Crippen molar-refractivity contribution >= 4 is 21.6 Å². The monoisotopic (exact) mass is 481 g/mol. The van der Waals surface area contributed by atoms with Crippen molar-refractivity contribution in [2.24, 2.45) is 0 Å². The Hall–Kier alpha value is -3.50. The highest BCUT2D eigenvalue weighted by molar-refractivity contribution is 7.89. The molecule has 1 aromatic heterocycles. The van der Waals surface area contributed by atoms with E-state index >= 15 is 0 Å². The van der Waals surface area contributed by atoms with Crippen molar-refractivity contribution in [1.82, 2.24) is 19.2 Å². The first kappa shape index (κ1) is 23.7. The Morgan fingerprint density at radius 2 is 1.76 bits per heavy atom. The van der Waals surface area contributed by atoms with Crippen LogP contribution >= 0.6 is 0 Å². The number of sulfonamides is 1. The molecule has 0 aliphatic carbocycles. The molecule has 2 N–H and O–H groups in total. The zero-order valence-electron chi connectivity index (χ0n) is 18.9. The Kier molecular flexibility index (Phi) is 7.09. The number of hydrogen-bond donors (Lipinski definition) is 2. The third kappa shape index (κ3) is 5.35. The lowest BCUT2D eigenvalue weighted by molar-refractivity contribution is -0.130. The minimum atomic E-state index is -3.56. The molecule has 2 heterocycles. The number of carbonyl (C=O) groups is 1. The quantitative estimate of drug-likeness (QED) is 0.533. The number of aromatic nitrogens is 2. The maximum Gasteiger partial charge on any atom is 0.251 e. The number of aryl methyl sites for hydroxylation is 1. The van der Waals surface area contributed by atoms with E-state index in [0.717, 1.165) is 11.3 Å². The molecule has 4 rings (SSSR count). The Morgan fingerprint density at radius 3 is 2.47 bits per heavy atom. The Labute approximate surface area is 198 Å². The molecule has 1 fully saturated rings. The van der Waals surface area contributed by atoms with Gasteiger partial charge in [0.25, 0.3) is 5.56 Å². The molecule has 0 unspecified atom stereocenters. The smallest absolute Gasteiger partial charge is 0.251 e. The molecule has 2 aromatic carbocycles. The molecular formula is C24H27N5O4S. The van der Waals surface area contributed by atoms with Crippen LogP contribution in [-0.2, 0) is 21.2 Å². The van der Waals surface area contributed by atoms with Crippen LogP contribution in [0.2, 0.25) is 0 Å².